The molecule has 13 heavy (non-hydrogen) atoms. The van der Waals surface area contributed by atoms with E-state index < -0.39 is 13.9 Å². The molecule has 0 aromatic heterocycles. The molecule has 0 bridgehead atoms. The maximum atomic E-state index is 10.6. The van der Waals surface area contributed by atoms with Gasteiger partial charge in [0.25, 0.3) is 0 Å². The van der Waals surface area contributed by atoms with Gasteiger partial charge in [-0.25, -0.2) is 0 Å². The minimum Gasteiger partial charge on any atom is -0.195 e. The molecule has 0 saturated heterocycles. The van der Waals surface area contributed by atoms with Crippen LogP contribution < -0.4 is 0 Å². The minimum absolute atomic E-state index is 0.122. The smallest absolute Gasteiger partial charge is 0.195 e. The Morgan fingerprint density at radius 3 is 1.85 bits per heavy atom. The van der Waals surface area contributed by atoms with Crippen molar-refractivity contribution < 1.29 is 14.0 Å². The predicted molar refractivity (Wildman–Crippen MR) is 48.9 cm³/mol. The lowest BCUT2D eigenvalue weighted by molar-refractivity contribution is 0.0303. The van der Waals surface area contributed by atoms with Crippen LogP contribution in [0.5, 0.6) is 0 Å². The van der Waals surface area contributed by atoms with Gasteiger partial charge in [-0.3, -0.25) is 0 Å². The van der Waals surface area contributed by atoms with Crippen LogP contribution in [-0.2, 0) is 9.09 Å². The minimum atomic E-state index is -2.73. The standard InChI is InChI=1S/C8H14NO3P/c1-6(2)8(5-9,7(3)4)12-13(10)11/h6-7H,1-4H3/p+1. The van der Waals surface area contributed by atoms with Crippen LogP contribution in [0.4, 0.5) is 0 Å². The largest absolute Gasteiger partial charge is 0.696 e. The Morgan fingerprint density at radius 2 is 1.77 bits per heavy atom. The molecule has 74 valence electrons. The molecule has 0 amide bonds. The van der Waals surface area contributed by atoms with Crippen molar-refractivity contribution in [1.82, 2.24) is 0 Å². The second-order valence-corrected chi connectivity index (χ2v) is 4.20. The Hall–Kier alpha value is -0.490. The summed E-state index contributed by atoms with van der Waals surface area (Å²) in [6.07, 6.45) is 0. The van der Waals surface area contributed by atoms with Gasteiger partial charge in [-0.05, 0) is 0 Å². The molecule has 1 unspecified atom stereocenters. The first kappa shape index (κ1) is 12.5. The summed E-state index contributed by atoms with van der Waals surface area (Å²) in [5.74, 6) is -0.243. The molecular weight excluding hydrogens is 189 g/mol. The summed E-state index contributed by atoms with van der Waals surface area (Å²) >= 11 is 0. The third-order valence-corrected chi connectivity index (χ3v) is 2.58. The van der Waals surface area contributed by atoms with Crippen molar-refractivity contribution >= 4 is 8.25 Å². The van der Waals surface area contributed by atoms with E-state index in [0.717, 1.165) is 0 Å². The summed E-state index contributed by atoms with van der Waals surface area (Å²) < 4.78 is 15.4. The maximum absolute atomic E-state index is 10.6. The number of hydrogen-bond donors (Lipinski definition) is 1. The highest BCUT2D eigenvalue weighted by Crippen LogP contribution is 2.37. The van der Waals surface area contributed by atoms with Crippen molar-refractivity contribution in [3.8, 4) is 6.07 Å². The lowest BCUT2D eigenvalue weighted by Gasteiger charge is -2.27. The quantitative estimate of drug-likeness (QED) is 0.713. The Labute approximate surface area is 79.5 Å². The maximum Gasteiger partial charge on any atom is 0.696 e. The zero-order valence-corrected chi connectivity index (χ0v) is 9.21. The Balaban J connectivity index is 4.90. The second-order valence-electron chi connectivity index (χ2n) is 3.54. The Morgan fingerprint density at radius 1 is 1.38 bits per heavy atom. The topological polar surface area (TPSA) is 70.3 Å². The highest BCUT2D eigenvalue weighted by atomic mass is 31.1. The molecule has 1 atom stereocenters. The second kappa shape index (κ2) is 4.66. The van der Waals surface area contributed by atoms with Crippen molar-refractivity contribution in [2.75, 3.05) is 0 Å². The molecule has 0 aliphatic heterocycles. The van der Waals surface area contributed by atoms with Gasteiger partial charge in [-0.15, -0.1) is 4.89 Å². The van der Waals surface area contributed by atoms with Crippen molar-refractivity contribution in [2.45, 2.75) is 33.3 Å². The number of nitriles is 1. The normalized spacial score (nSPS) is 13.2. The molecule has 5 heteroatoms. The van der Waals surface area contributed by atoms with Crippen molar-refractivity contribution in [1.29, 1.82) is 5.26 Å². The van der Waals surface area contributed by atoms with E-state index in [-0.39, 0.29) is 11.8 Å². The summed E-state index contributed by atoms with van der Waals surface area (Å²) in [6.45, 7) is 7.17. The van der Waals surface area contributed by atoms with Gasteiger partial charge in [0.1, 0.15) is 6.07 Å². The molecular formula is C8H15NO3P+. The zero-order valence-electron chi connectivity index (χ0n) is 8.31. The first-order valence-electron chi connectivity index (χ1n) is 4.13. The van der Waals surface area contributed by atoms with Crippen molar-refractivity contribution in [2.24, 2.45) is 11.8 Å². The lowest BCUT2D eigenvalue weighted by atomic mass is 9.82. The van der Waals surface area contributed by atoms with Crippen LogP contribution in [0.15, 0.2) is 0 Å². The van der Waals surface area contributed by atoms with Gasteiger partial charge >= 0.3 is 8.25 Å². The van der Waals surface area contributed by atoms with Gasteiger partial charge in [-0.1, -0.05) is 32.2 Å². The molecule has 0 aromatic carbocycles. The van der Waals surface area contributed by atoms with Gasteiger partial charge < -0.3 is 0 Å². The SMILES string of the molecule is CC(C)C(C#N)(O[P+](=O)O)C(C)C. The van der Waals surface area contributed by atoms with Crippen LogP contribution in [0.2, 0.25) is 0 Å². The highest BCUT2D eigenvalue weighted by molar-refractivity contribution is 7.32. The molecule has 0 aliphatic rings. The van der Waals surface area contributed by atoms with Crippen LogP contribution >= 0.6 is 8.25 Å². The number of hydrogen-bond acceptors (Lipinski definition) is 3. The molecule has 0 fully saturated rings. The van der Waals surface area contributed by atoms with Gasteiger partial charge in [0.15, 0.2) is 0 Å². The van der Waals surface area contributed by atoms with Gasteiger partial charge in [0.2, 0.25) is 5.60 Å². The highest BCUT2D eigenvalue weighted by Gasteiger charge is 2.46. The molecule has 0 rings (SSSR count). The molecule has 4 nitrogen and oxygen atoms in total. The van der Waals surface area contributed by atoms with Crippen LogP contribution in [-0.4, -0.2) is 10.5 Å². The summed E-state index contributed by atoms with van der Waals surface area (Å²) in [4.78, 5) is 8.65. The van der Waals surface area contributed by atoms with Crippen LogP contribution in [0.25, 0.3) is 0 Å². The first-order chi connectivity index (χ1) is 5.86. The summed E-state index contributed by atoms with van der Waals surface area (Å²) in [6, 6.07) is 1.98. The summed E-state index contributed by atoms with van der Waals surface area (Å²) in [5.41, 5.74) is -1.16. The average molecular weight is 204 g/mol. The lowest BCUT2D eigenvalue weighted by Crippen LogP contribution is -2.40. The summed E-state index contributed by atoms with van der Waals surface area (Å²) in [5, 5.41) is 8.95. The van der Waals surface area contributed by atoms with Crippen LogP contribution in [0.3, 0.4) is 0 Å². The number of rotatable bonds is 4. The molecule has 0 heterocycles. The molecule has 0 aliphatic carbocycles. The monoisotopic (exact) mass is 204 g/mol. The fraction of sp³-hybridized carbons (Fsp3) is 0.875. The van der Waals surface area contributed by atoms with E-state index in [1.165, 1.54) is 0 Å². The summed E-state index contributed by atoms with van der Waals surface area (Å²) in [7, 11) is -2.73. The fourth-order valence-corrected chi connectivity index (χ4v) is 2.01. The van der Waals surface area contributed by atoms with Gasteiger partial charge in [-0.2, -0.15) is 5.26 Å². The molecule has 0 saturated carbocycles. The van der Waals surface area contributed by atoms with E-state index in [9.17, 15) is 4.57 Å². The fourth-order valence-electron chi connectivity index (χ4n) is 1.29. The van der Waals surface area contributed by atoms with Crippen molar-refractivity contribution in [3.63, 3.8) is 0 Å². The van der Waals surface area contributed by atoms with E-state index in [2.05, 4.69) is 0 Å². The van der Waals surface area contributed by atoms with Gasteiger partial charge in [0.05, 0.1) is 0 Å². The molecule has 0 aromatic rings. The third-order valence-electron chi connectivity index (χ3n) is 2.12. The average Bonchev–Trinajstić information content (AvgIpc) is 1.98. The Kier molecular flexibility index (Phi) is 4.49. The van der Waals surface area contributed by atoms with Crippen LogP contribution in [0.1, 0.15) is 27.7 Å². The van der Waals surface area contributed by atoms with E-state index in [1.54, 1.807) is 27.7 Å². The van der Waals surface area contributed by atoms with E-state index >= 15 is 0 Å². The first-order valence-corrected chi connectivity index (χ1v) is 5.26. The van der Waals surface area contributed by atoms with E-state index in [4.69, 9.17) is 14.7 Å². The molecule has 0 radical (unpaired) electrons. The van der Waals surface area contributed by atoms with Crippen molar-refractivity contribution in [3.05, 3.63) is 0 Å². The zero-order chi connectivity index (χ0) is 10.6. The molecule has 0 spiro atoms. The molecule has 1 N–H and O–H groups in total. The third kappa shape index (κ3) is 2.73. The van der Waals surface area contributed by atoms with Gasteiger partial charge in [0, 0.05) is 16.4 Å². The predicted octanol–water partition coefficient (Wildman–Crippen LogP) is 2.23. The van der Waals surface area contributed by atoms with Crippen LogP contribution in [0, 0.1) is 23.2 Å². The van der Waals surface area contributed by atoms with E-state index in [1.807, 2.05) is 6.07 Å². The Bertz CT molecular complexity index is 224. The van der Waals surface area contributed by atoms with E-state index in [0.29, 0.717) is 0 Å². The number of nitrogens with zero attached hydrogens (tertiary/aromatic N) is 1.